The van der Waals surface area contributed by atoms with Crippen molar-refractivity contribution in [2.75, 3.05) is 28.4 Å². The third-order valence-electron chi connectivity index (χ3n) is 5.26. The fraction of sp³-hybridized carbons (Fsp3) is 0.333. The van der Waals surface area contributed by atoms with E-state index in [9.17, 15) is 29.3 Å². The largest absolute Gasteiger partial charge is 0.468 e. The molecular weight excluding hydrogens is 426 g/mol. The third kappa shape index (κ3) is 3.84. The predicted molar refractivity (Wildman–Crippen MR) is 107 cm³/mol. The zero-order chi connectivity index (χ0) is 24.2. The highest BCUT2D eigenvalue weighted by molar-refractivity contribution is 6.18. The molecule has 0 aromatic heterocycles. The summed E-state index contributed by atoms with van der Waals surface area (Å²) in [5.41, 5.74) is -3.00. The number of esters is 4. The highest BCUT2D eigenvalue weighted by Crippen LogP contribution is 2.51. The molecule has 2 rings (SSSR count). The minimum Gasteiger partial charge on any atom is -0.468 e. The SMILES string of the molecule is COC(=O)C1=C(C)C(Cc2ccc([N+](=O)[O-])cc2)(C(=O)OC)C(C(=O)OC)=C1C(=O)OC. The molecule has 1 aliphatic carbocycles. The maximum atomic E-state index is 13.2. The summed E-state index contributed by atoms with van der Waals surface area (Å²) < 4.78 is 19.3. The lowest BCUT2D eigenvalue weighted by molar-refractivity contribution is -0.384. The summed E-state index contributed by atoms with van der Waals surface area (Å²) in [4.78, 5) is 61.6. The van der Waals surface area contributed by atoms with Gasteiger partial charge in [0.15, 0.2) is 0 Å². The number of rotatable bonds is 7. The van der Waals surface area contributed by atoms with Crippen LogP contribution in [-0.4, -0.2) is 57.2 Å². The van der Waals surface area contributed by atoms with Gasteiger partial charge in [0.2, 0.25) is 0 Å². The van der Waals surface area contributed by atoms with Gasteiger partial charge in [0.05, 0.1) is 50.1 Å². The van der Waals surface area contributed by atoms with Crippen LogP contribution in [0.5, 0.6) is 0 Å². The Balaban J connectivity index is 2.91. The lowest BCUT2D eigenvalue weighted by atomic mass is 9.72. The normalized spacial score (nSPS) is 17.7. The Bertz CT molecular complexity index is 1050. The van der Waals surface area contributed by atoms with Gasteiger partial charge in [-0.05, 0) is 24.5 Å². The maximum Gasteiger partial charge on any atom is 0.339 e. The number of nitro groups is 1. The van der Waals surface area contributed by atoms with E-state index in [1.165, 1.54) is 31.2 Å². The van der Waals surface area contributed by atoms with Gasteiger partial charge in [-0.1, -0.05) is 12.1 Å². The van der Waals surface area contributed by atoms with Gasteiger partial charge in [-0.3, -0.25) is 14.9 Å². The molecule has 0 spiro atoms. The topological polar surface area (TPSA) is 148 Å². The van der Waals surface area contributed by atoms with Crippen molar-refractivity contribution in [3.8, 4) is 0 Å². The van der Waals surface area contributed by atoms with Gasteiger partial charge in [-0.25, -0.2) is 14.4 Å². The Morgan fingerprint density at radius 3 is 1.78 bits per heavy atom. The van der Waals surface area contributed by atoms with E-state index in [-0.39, 0.29) is 23.3 Å². The predicted octanol–water partition coefficient (Wildman–Crippen LogP) is 1.44. The standard InChI is InChI=1S/C21H21NO10/c1-11-14(17(23)29-2)15(18(24)30-3)16(19(25)31-4)21(11,20(26)32-5)10-12-6-8-13(9-7-12)22(27)28/h6-9H,10H2,1-5H3. The minimum absolute atomic E-state index is 0.00959. The van der Waals surface area contributed by atoms with E-state index in [0.29, 0.717) is 5.56 Å². The van der Waals surface area contributed by atoms with E-state index >= 15 is 0 Å². The molecule has 0 aliphatic heterocycles. The van der Waals surface area contributed by atoms with Gasteiger partial charge in [0, 0.05) is 12.1 Å². The molecule has 1 atom stereocenters. The smallest absolute Gasteiger partial charge is 0.339 e. The van der Waals surface area contributed by atoms with E-state index in [1.54, 1.807) is 0 Å². The van der Waals surface area contributed by atoms with Gasteiger partial charge in [-0.2, -0.15) is 0 Å². The average molecular weight is 447 g/mol. The number of hydrogen-bond acceptors (Lipinski definition) is 10. The van der Waals surface area contributed by atoms with Crippen LogP contribution in [0.15, 0.2) is 46.6 Å². The van der Waals surface area contributed by atoms with Crippen molar-refractivity contribution in [2.24, 2.45) is 5.41 Å². The van der Waals surface area contributed by atoms with Crippen molar-refractivity contribution in [3.63, 3.8) is 0 Å². The molecule has 0 amide bonds. The fourth-order valence-corrected chi connectivity index (χ4v) is 3.73. The number of carbonyl (C=O) groups excluding carboxylic acids is 4. The molecule has 0 bridgehead atoms. The van der Waals surface area contributed by atoms with Crippen LogP contribution in [0.1, 0.15) is 12.5 Å². The van der Waals surface area contributed by atoms with E-state index < -0.39 is 45.4 Å². The molecule has 0 fully saturated rings. The van der Waals surface area contributed by atoms with Crippen LogP contribution in [0.2, 0.25) is 0 Å². The van der Waals surface area contributed by atoms with Crippen LogP contribution in [0.4, 0.5) is 5.69 Å². The third-order valence-corrected chi connectivity index (χ3v) is 5.26. The summed E-state index contributed by atoms with van der Waals surface area (Å²) in [7, 11) is 4.24. The van der Waals surface area contributed by atoms with Crippen molar-refractivity contribution in [3.05, 3.63) is 62.2 Å². The number of methoxy groups -OCH3 is 4. The first kappa shape index (κ1) is 24.3. The number of benzene rings is 1. The van der Waals surface area contributed by atoms with Crippen molar-refractivity contribution >= 4 is 29.6 Å². The maximum absolute atomic E-state index is 13.2. The van der Waals surface area contributed by atoms with Crippen LogP contribution in [-0.2, 0) is 44.5 Å². The molecule has 1 aromatic carbocycles. The van der Waals surface area contributed by atoms with Crippen molar-refractivity contribution in [2.45, 2.75) is 13.3 Å². The van der Waals surface area contributed by atoms with Crippen LogP contribution in [0, 0.1) is 15.5 Å². The summed E-state index contributed by atoms with van der Waals surface area (Å²) in [5, 5.41) is 11.0. The molecule has 1 unspecified atom stereocenters. The first-order chi connectivity index (χ1) is 15.1. The zero-order valence-electron chi connectivity index (χ0n) is 18.0. The Morgan fingerprint density at radius 1 is 0.844 bits per heavy atom. The summed E-state index contributed by atoms with van der Waals surface area (Å²) in [6.07, 6.45) is -0.269. The van der Waals surface area contributed by atoms with Gasteiger partial charge in [-0.15, -0.1) is 0 Å². The van der Waals surface area contributed by atoms with Crippen LogP contribution < -0.4 is 0 Å². The van der Waals surface area contributed by atoms with Crippen molar-refractivity contribution in [1.82, 2.24) is 0 Å². The first-order valence-corrected chi connectivity index (χ1v) is 9.13. The van der Waals surface area contributed by atoms with Crippen LogP contribution in [0.3, 0.4) is 0 Å². The molecule has 0 N–H and O–H groups in total. The van der Waals surface area contributed by atoms with E-state index in [4.69, 9.17) is 18.9 Å². The molecule has 1 aromatic rings. The second-order valence-corrected chi connectivity index (χ2v) is 6.72. The summed E-state index contributed by atoms with van der Waals surface area (Å²) in [6, 6.07) is 5.22. The lowest BCUT2D eigenvalue weighted by Gasteiger charge is -2.30. The molecule has 0 radical (unpaired) electrons. The zero-order valence-corrected chi connectivity index (χ0v) is 18.0. The number of carbonyl (C=O) groups is 4. The molecular formula is C21H21NO10. The molecule has 11 heteroatoms. The molecule has 32 heavy (non-hydrogen) atoms. The Morgan fingerprint density at radius 2 is 1.34 bits per heavy atom. The molecule has 0 saturated heterocycles. The number of non-ortho nitro benzene ring substituents is 1. The number of nitrogens with zero attached hydrogens (tertiary/aromatic N) is 1. The van der Waals surface area contributed by atoms with Crippen molar-refractivity contribution in [1.29, 1.82) is 0 Å². The van der Waals surface area contributed by atoms with Crippen LogP contribution in [0.25, 0.3) is 0 Å². The van der Waals surface area contributed by atoms with Crippen LogP contribution >= 0.6 is 0 Å². The van der Waals surface area contributed by atoms with E-state index in [0.717, 1.165) is 28.4 Å². The van der Waals surface area contributed by atoms with Crippen molar-refractivity contribution < 1.29 is 43.0 Å². The molecule has 11 nitrogen and oxygen atoms in total. The quantitative estimate of drug-likeness (QED) is 0.260. The van der Waals surface area contributed by atoms with Gasteiger partial charge in [0.1, 0.15) is 5.41 Å². The first-order valence-electron chi connectivity index (χ1n) is 9.13. The van der Waals surface area contributed by atoms with Gasteiger partial charge in [0.25, 0.3) is 5.69 Å². The molecule has 170 valence electrons. The molecule has 0 saturated carbocycles. The minimum atomic E-state index is -1.95. The van der Waals surface area contributed by atoms with E-state index in [2.05, 4.69) is 0 Å². The highest BCUT2D eigenvalue weighted by Gasteiger charge is 2.58. The summed E-state index contributed by atoms with van der Waals surface area (Å²) in [6.45, 7) is 1.38. The van der Waals surface area contributed by atoms with Gasteiger partial charge >= 0.3 is 23.9 Å². The Hall–Kier alpha value is -4.02. The average Bonchev–Trinajstić information content (AvgIpc) is 3.06. The second-order valence-electron chi connectivity index (χ2n) is 6.72. The number of nitro benzene ring substituents is 1. The summed E-state index contributed by atoms with van der Waals surface area (Å²) >= 11 is 0. The molecule has 0 heterocycles. The Kier molecular flexibility index (Phi) is 7.14. The monoisotopic (exact) mass is 447 g/mol. The second kappa shape index (κ2) is 9.41. The molecule has 1 aliphatic rings. The lowest BCUT2D eigenvalue weighted by Crippen LogP contribution is -2.40. The summed E-state index contributed by atoms with van der Waals surface area (Å²) in [5.74, 6) is -4.04. The highest BCUT2D eigenvalue weighted by atomic mass is 16.6. The Labute approximate surface area is 182 Å². The van der Waals surface area contributed by atoms with Gasteiger partial charge < -0.3 is 18.9 Å². The fourth-order valence-electron chi connectivity index (χ4n) is 3.73. The number of ether oxygens (including phenoxy) is 4. The number of hydrogen-bond donors (Lipinski definition) is 0. The van der Waals surface area contributed by atoms with E-state index in [1.807, 2.05) is 0 Å².